The number of carbonyl (C=O) groups is 1. The number of anilines is 1. The molecule has 1 unspecified atom stereocenters. The van der Waals surface area contributed by atoms with Crippen LogP contribution in [0, 0.1) is 20.8 Å². The molecule has 0 aromatic carbocycles. The first-order valence-corrected chi connectivity index (χ1v) is 7.29. The van der Waals surface area contributed by atoms with Gasteiger partial charge in [0.25, 0.3) is 5.91 Å². The average molecular weight is 332 g/mol. The van der Waals surface area contributed by atoms with Crippen molar-refractivity contribution in [1.82, 2.24) is 14.8 Å². The number of aryl methyl sites for hydroxylation is 3. The summed E-state index contributed by atoms with van der Waals surface area (Å²) in [4.78, 5) is 17.3. The number of aromatic nitrogens is 3. The Morgan fingerprint density at radius 2 is 2.00 bits per heavy atom. The molecule has 120 valence electrons. The molecule has 0 fully saturated rings. The number of alkyl halides is 3. The maximum absolute atomic E-state index is 12.7. The lowest BCUT2D eigenvalue weighted by molar-refractivity contribution is -0.141. The summed E-state index contributed by atoms with van der Waals surface area (Å²) in [5.41, 5.74) is 0.0645. The molecule has 1 N–H and O–H groups in total. The van der Waals surface area contributed by atoms with Crippen molar-refractivity contribution >= 4 is 22.4 Å². The Labute approximate surface area is 129 Å². The third-order valence-electron chi connectivity index (χ3n) is 3.22. The van der Waals surface area contributed by atoms with Crippen LogP contribution in [0.1, 0.15) is 34.9 Å². The van der Waals surface area contributed by atoms with Crippen LogP contribution in [0.3, 0.4) is 0 Å². The van der Waals surface area contributed by atoms with Gasteiger partial charge < -0.3 is 5.32 Å². The Hall–Kier alpha value is -1.90. The predicted octanol–water partition coefficient (Wildman–Crippen LogP) is 3.48. The van der Waals surface area contributed by atoms with Crippen LogP contribution in [-0.4, -0.2) is 20.7 Å². The van der Waals surface area contributed by atoms with Crippen LogP contribution >= 0.6 is 11.3 Å². The van der Waals surface area contributed by atoms with Crippen LogP contribution in [0.5, 0.6) is 0 Å². The molecule has 2 aromatic rings. The number of thiazole rings is 1. The Morgan fingerprint density at radius 1 is 1.36 bits per heavy atom. The Kier molecular flexibility index (Phi) is 4.28. The minimum absolute atomic E-state index is 0.265. The maximum atomic E-state index is 12.7. The van der Waals surface area contributed by atoms with Crippen LogP contribution < -0.4 is 5.32 Å². The molecule has 1 amide bonds. The lowest BCUT2D eigenvalue weighted by Gasteiger charge is -2.13. The molecule has 0 aliphatic carbocycles. The molecule has 2 rings (SSSR count). The van der Waals surface area contributed by atoms with Gasteiger partial charge in [0.15, 0.2) is 10.8 Å². The van der Waals surface area contributed by atoms with Gasteiger partial charge in [-0.2, -0.15) is 18.3 Å². The van der Waals surface area contributed by atoms with Crippen molar-refractivity contribution in [3.63, 3.8) is 0 Å². The normalized spacial score (nSPS) is 13.2. The van der Waals surface area contributed by atoms with Crippen molar-refractivity contribution < 1.29 is 18.0 Å². The number of hydrogen-bond acceptors (Lipinski definition) is 4. The van der Waals surface area contributed by atoms with E-state index in [2.05, 4.69) is 15.4 Å². The van der Waals surface area contributed by atoms with Crippen molar-refractivity contribution in [2.24, 2.45) is 0 Å². The van der Waals surface area contributed by atoms with Gasteiger partial charge >= 0.3 is 6.18 Å². The Morgan fingerprint density at radius 3 is 2.45 bits per heavy atom. The van der Waals surface area contributed by atoms with Gasteiger partial charge in [-0.25, -0.2) is 4.98 Å². The fourth-order valence-corrected chi connectivity index (χ4v) is 2.68. The molecule has 0 aliphatic heterocycles. The summed E-state index contributed by atoms with van der Waals surface area (Å²) in [5, 5.41) is 6.51. The Bertz CT molecular complexity index is 685. The SMILES string of the molecule is Cc1nc(NC(=O)C(C)n2nc(C(F)(F)F)cc2C)sc1C. The molecule has 0 saturated carbocycles. The maximum Gasteiger partial charge on any atom is 0.435 e. The average Bonchev–Trinajstić information content (AvgIpc) is 2.92. The summed E-state index contributed by atoms with van der Waals surface area (Å²) in [6, 6.07) is 0.0437. The molecule has 0 aliphatic rings. The van der Waals surface area contributed by atoms with E-state index in [4.69, 9.17) is 0 Å². The van der Waals surface area contributed by atoms with E-state index in [-0.39, 0.29) is 5.69 Å². The molecule has 22 heavy (non-hydrogen) atoms. The highest BCUT2D eigenvalue weighted by molar-refractivity contribution is 7.15. The third-order valence-corrected chi connectivity index (χ3v) is 4.21. The fourth-order valence-electron chi connectivity index (χ4n) is 1.87. The summed E-state index contributed by atoms with van der Waals surface area (Å²) in [7, 11) is 0. The van der Waals surface area contributed by atoms with Crippen molar-refractivity contribution in [1.29, 1.82) is 0 Å². The molecule has 0 radical (unpaired) electrons. The minimum atomic E-state index is -4.53. The highest BCUT2D eigenvalue weighted by atomic mass is 32.1. The van der Waals surface area contributed by atoms with E-state index in [0.29, 0.717) is 5.13 Å². The molecule has 5 nitrogen and oxygen atoms in total. The van der Waals surface area contributed by atoms with Gasteiger partial charge in [0.2, 0.25) is 0 Å². The summed E-state index contributed by atoms with van der Waals surface area (Å²) < 4.78 is 39.0. The molecule has 1 atom stereocenters. The van der Waals surface area contributed by atoms with E-state index in [0.717, 1.165) is 21.3 Å². The number of carbonyl (C=O) groups excluding carboxylic acids is 1. The second kappa shape index (κ2) is 5.71. The number of nitrogens with zero attached hydrogens (tertiary/aromatic N) is 3. The zero-order valence-electron chi connectivity index (χ0n) is 12.4. The highest BCUT2D eigenvalue weighted by Gasteiger charge is 2.35. The highest BCUT2D eigenvalue weighted by Crippen LogP contribution is 2.29. The molecule has 0 spiro atoms. The van der Waals surface area contributed by atoms with Gasteiger partial charge in [-0.05, 0) is 33.8 Å². The van der Waals surface area contributed by atoms with Crippen LogP contribution in [0.25, 0.3) is 0 Å². The quantitative estimate of drug-likeness (QED) is 0.936. The van der Waals surface area contributed by atoms with Crippen molar-refractivity contribution in [3.8, 4) is 0 Å². The summed E-state index contributed by atoms with van der Waals surface area (Å²) >= 11 is 1.32. The molecule has 0 saturated heterocycles. The molecular formula is C13H15F3N4OS. The first kappa shape index (κ1) is 16.5. The zero-order valence-corrected chi connectivity index (χ0v) is 13.3. The van der Waals surface area contributed by atoms with Crippen molar-refractivity contribution in [2.45, 2.75) is 39.9 Å². The second-order valence-electron chi connectivity index (χ2n) is 4.94. The smallest absolute Gasteiger partial charge is 0.300 e. The topological polar surface area (TPSA) is 59.8 Å². The van der Waals surface area contributed by atoms with Gasteiger partial charge in [0.05, 0.1) is 5.69 Å². The minimum Gasteiger partial charge on any atom is -0.300 e. The van der Waals surface area contributed by atoms with E-state index in [9.17, 15) is 18.0 Å². The van der Waals surface area contributed by atoms with Gasteiger partial charge in [-0.1, -0.05) is 0 Å². The van der Waals surface area contributed by atoms with Gasteiger partial charge in [0, 0.05) is 10.6 Å². The van der Waals surface area contributed by atoms with E-state index in [1.165, 1.54) is 25.2 Å². The third kappa shape index (κ3) is 3.29. The van der Waals surface area contributed by atoms with Crippen LogP contribution in [-0.2, 0) is 11.0 Å². The van der Waals surface area contributed by atoms with Crippen LogP contribution in [0.15, 0.2) is 6.07 Å². The lowest BCUT2D eigenvalue weighted by Crippen LogP contribution is -2.25. The van der Waals surface area contributed by atoms with E-state index < -0.39 is 23.8 Å². The van der Waals surface area contributed by atoms with Crippen molar-refractivity contribution in [3.05, 3.63) is 28.0 Å². The van der Waals surface area contributed by atoms with E-state index in [1.54, 1.807) is 0 Å². The van der Waals surface area contributed by atoms with Crippen molar-refractivity contribution in [2.75, 3.05) is 5.32 Å². The van der Waals surface area contributed by atoms with E-state index >= 15 is 0 Å². The molecule has 9 heteroatoms. The first-order chi connectivity index (χ1) is 10.1. The largest absolute Gasteiger partial charge is 0.435 e. The second-order valence-corrected chi connectivity index (χ2v) is 6.14. The summed E-state index contributed by atoms with van der Waals surface area (Å²) in [6.07, 6.45) is -4.53. The number of nitrogens with one attached hydrogen (secondary N) is 1. The summed E-state index contributed by atoms with van der Waals surface area (Å²) in [6.45, 7) is 6.66. The fraction of sp³-hybridized carbons (Fsp3) is 0.462. The first-order valence-electron chi connectivity index (χ1n) is 6.48. The number of hydrogen-bond donors (Lipinski definition) is 1. The molecule has 2 aromatic heterocycles. The predicted molar refractivity (Wildman–Crippen MR) is 76.9 cm³/mol. The standard InChI is InChI=1S/C13H15F3N4OS/c1-6-5-10(13(14,15)16)19-20(6)8(3)11(21)18-12-17-7(2)9(4)22-12/h5,8H,1-4H3,(H,17,18,21). The molecule has 0 bridgehead atoms. The molecular weight excluding hydrogens is 317 g/mol. The number of amides is 1. The number of halogens is 3. The monoisotopic (exact) mass is 332 g/mol. The Balaban J connectivity index is 2.18. The van der Waals surface area contributed by atoms with Crippen LogP contribution in [0.4, 0.5) is 18.3 Å². The lowest BCUT2D eigenvalue weighted by atomic mass is 10.3. The zero-order chi connectivity index (χ0) is 16.7. The molecule has 2 heterocycles. The van der Waals surface area contributed by atoms with E-state index in [1.807, 2.05) is 13.8 Å². The van der Waals surface area contributed by atoms with Gasteiger partial charge in [0.1, 0.15) is 6.04 Å². The summed E-state index contributed by atoms with van der Waals surface area (Å²) in [5.74, 6) is -0.464. The van der Waals surface area contributed by atoms with Gasteiger partial charge in [-0.15, -0.1) is 11.3 Å². The van der Waals surface area contributed by atoms with Gasteiger partial charge in [-0.3, -0.25) is 9.48 Å². The van der Waals surface area contributed by atoms with Crippen LogP contribution in [0.2, 0.25) is 0 Å². The number of rotatable bonds is 3.